The van der Waals surface area contributed by atoms with E-state index in [-0.39, 0.29) is 17.7 Å². The summed E-state index contributed by atoms with van der Waals surface area (Å²) >= 11 is 0. The Kier molecular flexibility index (Phi) is 6.35. The Bertz CT molecular complexity index is 388. The zero-order valence-corrected chi connectivity index (χ0v) is 15.5. The lowest BCUT2D eigenvalue weighted by atomic mass is 9.89. The molecule has 0 bridgehead atoms. The van der Waals surface area contributed by atoms with Gasteiger partial charge in [-0.05, 0) is 59.3 Å². The highest BCUT2D eigenvalue weighted by molar-refractivity contribution is 5.70. The van der Waals surface area contributed by atoms with Gasteiger partial charge in [0.25, 0.3) is 0 Å². The van der Waals surface area contributed by atoms with Crippen molar-refractivity contribution in [2.45, 2.75) is 109 Å². The molecule has 1 spiro atoms. The Morgan fingerprint density at radius 2 is 1.87 bits per heavy atom. The van der Waals surface area contributed by atoms with Crippen molar-refractivity contribution in [2.24, 2.45) is 0 Å². The molecule has 1 atom stereocenters. The molecule has 0 radical (unpaired) electrons. The maximum absolute atomic E-state index is 12.9. The van der Waals surface area contributed by atoms with E-state index in [9.17, 15) is 4.79 Å². The minimum atomic E-state index is -0.416. The smallest absolute Gasteiger partial charge is 0.412 e. The third kappa shape index (κ3) is 4.40. The van der Waals surface area contributed by atoms with Crippen LogP contribution in [0.4, 0.5) is 4.79 Å². The molecular weight excluding hydrogens is 290 g/mol. The topological polar surface area (TPSA) is 38.8 Å². The van der Waals surface area contributed by atoms with Crippen LogP contribution in [0.2, 0.25) is 0 Å². The van der Waals surface area contributed by atoms with Crippen molar-refractivity contribution in [2.75, 3.05) is 6.61 Å². The number of hydrogen-bond acceptors (Lipinski definition) is 3. The lowest BCUT2D eigenvalue weighted by Crippen LogP contribution is -2.56. The van der Waals surface area contributed by atoms with E-state index in [1.807, 2.05) is 11.8 Å². The number of carbonyl (C=O) groups excluding carboxylic acids is 1. The van der Waals surface area contributed by atoms with Gasteiger partial charge in [0.1, 0.15) is 11.8 Å². The Labute approximate surface area is 141 Å². The monoisotopic (exact) mass is 325 g/mol. The third-order valence-corrected chi connectivity index (χ3v) is 5.29. The second-order valence-corrected chi connectivity index (χ2v) is 7.99. The van der Waals surface area contributed by atoms with E-state index in [4.69, 9.17) is 9.47 Å². The van der Waals surface area contributed by atoms with E-state index < -0.39 is 5.72 Å². The van der Waals surface area contributed by atoms with E-state index in [0.29, 0.717) is 6.61 Å². The predicted molar refractivity (Wildman–Crippen MR) is 92.4 cm³/mol. The Hall–Kier alpha value is -0.770. The standard InChI is InChI=1S/C19H35NO3/c1-5-6-7-9-12-16(2)23-17(21)20-18(3,4)15-22-19(20)13-10-8-11-14-19/h16H,5-15H2,1-4H3/t16-/m0/s1. The summed E-state index contributed by atoms with van der Waals surface area (Å²) in [4.78, 5) is 14.8. The summed E-state index contributed by atoms with van der Waals surface area (Å²) in [6.45, 7) is 9.00. The minimum Gasteiger partial charge on any atom is -0.446 e. The van der Waals surface area contributed by atoms with Gasteiger partial charge in [-0.3, -0.25) is 4.90 Å². The first-order valence-electron chi connectivity index (χ1n) is 9.56. The fourth-order valence-corrected chi connectivity index (χ4v) is 4.02. The molecule has 0 aromatic carbocycles. The van der Waals surface area contributed by atoms with Crippen molar-refractivity contribution in [3.8, 4) is 0 Å². The zero-order valence-electron chi connectivity index (χ0n) is 15.5. The van der Waals surface area contributed by atoms with Crippen LogP contribution in [0.1, 0.15) is 91.9 Å². The Balaban J connectivity index is 1.94. The molecule has 1 saturated carbocycles. The molecule has 0 N–H and O–H groups in total. The van der Waals surface area contributed by atoms with Crippen molar-refractivity contribution >= 4 is 6.09 Å². The number of unbranched alkanes of at least 4 members (excludes halogenated alkanes) is 3. The van der Waals surface area contributed by atoms with Gasteiger partial charge in [0, 0.05) is 0 Å². The summed E-state index contributed by atoms with van der Waals surface area (Å²) in [7, 11) is 0. The molecule has 23 heavy (non-hydrogen) atoms. The van der Waals surface area contributed by atoms with Gasteiger partial charge in [-0.15, -0.1) is 0 Å². The molecule has 2 aliphatic rings. The Morgan fingerprint density at radius 3 is 2.52 bits per heavy atom. The number of amides is 1. The molecule has 2 rings (SSSR count). The molecule has 1 saturated heterocycles. The van der Waals surface area contributed by atoms with Crippen LogP contribution in [0.15, 0.2) is 0 Å². The number of nitrogens with zero attached hydrogens (tertiary/aromatic N) is 1. The van der Waals surface area contributed by atoms with Crippen LogP contribution < -0.4 is 0 Å². The molecule has 4 heteroatoms. The fourth-order valence-electron chi connectivity index (χ4n) is 4.02. The molecule has 0 aromatic heterocycles. The van der Waals surface area contributed by atoms with E-state index in [1.54, 1.807) is 0 Å². The second-order valence-electron chi connectivity index (χ2n) is 7.99. The molecule has 0 unspecified atom stereocenters. The lowest BCUT2D eigenvalue weighted by Gasteiger charge is -2.43. The van der Waals surface area contributed by atoms with Crippen molar-refractivity contribution < 1.29 is 14.3 Å². The van der Waals surface area contributed by atoms with Crippen molar-refractivity contribution in [1.29, 1.82) is 0 Å². The van der Waals surface area contributed by atoms with Gasteiger partial charge >= 0.3 is 6.09 Å². The summed E-state index contributed by atoms with van der Waals surface area (Å²) in [5.74, 6) is 0. The van der Waals surface area contributed by atoms with E-state index in [1.165, 1.54) is 25.7 Å². The van der Waals surface area contributed by atoms with E-state index in [0.717, 1.165) is 38.5 Å². The quantitative estimate of drug-likeness (QED) is 0.626. The molecule has 1 aliphatic carbocycles. The normalized spacial score (nSPS) is 23.9. The molecular formula is C19H35NO3. The third-order valence-electron chi connectivity index (χ3n) is 5.29. The molecule has 134 valence electrons. The molecule has 0 aromatic rings. The van der Waals surface area contributed by atoms with Gasteiger partial charge in [0.05, 0.1) is 12.1 Å². The summed E-state index contributed by atoms with van der Waals surface area (Å²) in [6.07, 6.45) is 11.0. The molecule has 1 amide bonds. The highest BCUT2D eigenvalue weighted by atomic mass is 16.6. The average Bonchev–Trinajstić information content (AvgIpc) is 2.75. The number of rotatable bonds is 6. The lowest BCUT2D eigenvalue weighted by molar-refractivity contribution is -0.107. The molecule has 4 nitrogen and oxygen atoms in total. The number of hydrogen-bond donors (Lipinski definition) is 0. The molecule has 1 heterocycles. The second kappa shape index (κ2) is 7.87. The van der Waals surface area contributed by atoms with Crippen LogP contribution in [-0.2, 0) is 9.47 Å². The first-order valence-corrected chi connectivity index (χ1v) is 9.56. The summed E-state index contributed by atoms with van der Waals surface area (Å²) in [5, 5.41) is 0. The molecule has 1 aliphatic heterocycles. The SMILES string of the molecule is CCCCCC[C@H](C)OC(=O)N1C(C)(C)COC12CCCCC2. The maximum Gasteiger partial charge on any atom is 0.412 e. The first kappa shape index (κ1) is 18.6. The van der Waals surface area contributed by atoms with Crippen LogP contribution in [0.5, 0.6) is 0 Å². The maximum atomic E-state index is 12.9. The zero-order chi connectivity index (χ0) is 16.9. The van der Waals surface area contributed by atoms with Crippen molar-refractivity contribution in [1.82, 2.24) is 4.90 Å². The Morgan fingerprint density at radius 1 is 1.17 bits per heavy atom. The predicted octanol–water partition coefficient (Wildman–Crippen LogP) is 5.25. The highest BCUT2D eigenvalue weighted by Gasteiger charge is 2.55. The van der Waals surface area contributed by atoms with Crippen LogP contribution in [0, 0.1) is 0 Å². The van der Waals surface area contributed by atoms with E-state index in [2.05, 4.69) is 20.8 Å². The van der Waals surface area contributed by atoms with Crippen LogP contribution >= 0.6 is 0 Å². The van der Waals surface area contributed by atoms with Gasteiger partial charge in [0.2, 0.25) is 0 Å². The van der Waals surface area contributed by atoms with Gasteiger partial charge in [-0.25, -0.2) is 4.79 Å². The number of ether oxygens (including phenoxy) is 2. The van der Waals surface area contributed by atoms with Gasteiger partial charge < -0.3 is 9.47 Å². The first-order chi connectivity index (χ1) is 10.9. The van der Waals surface area contributed by atoms with Crippen molar-refractivity contribution in [3.05, 3.63) is 0 Å². The van der Waals surface area contributed by atoms with Crippen molar-refractivity contribution in [3.63, 3.8) is 0 Å². The average molecular weight is 325 g/mol. The summed E-state index contributed by atoms with van der Waals surface area (Å²) in [6, 6.07) is 0. The summed E-state index contributed by atoms with van der Waals surface area (Å²) < 4.78 is 11.9. The minimum absolute atomic E-state index is 0.0172. The highest BCUT2D eigenvalue weighted by Crippen LogP contribution is 2.44. The fraction of sp³-hybridized carbons (Fsp3) is 0.947. The van der Waals surface area contributed by atoms with Gasteiger partial charge in [-0.1, -0.05) is 32.6 Å². The molecule has 2 fully saturated rings. The largest absolute Gasteiger partial charge is 0.446 e. The van der Waals surface area contributed by atoms with Crippen LogP contribution in [0.25, 0.3) is 0 Å². The van der Waals surface area contributed by atoms with Gasteiger partial charge in [-0.2, -0.15) is 0 Å². The number of carbonyl (C=O) groups is 1. The van der Waals surface area contributed by atoms with Gasteiger partial charge in [0.15, 0.2) is 0 Å². The van der Waals surface area contributed by atoms with E-state index >= 15 is 0 Å². The van der Waals surface area contributed by atoms with Crippen LogP contribution in [-0.4, -0.2) is 35.0 Å². The van der Waals surface area contributed by atoms with Crippen LogP contribution in [0.3, 0.4) is 0 Å². The summed E-state index contributed by atoms with van der Waals surface area (Å²) in [5.41, 5.74) is -0.697.